The second kappa shape index (κ2) is 9.03. The zero-order chi connectivity index (χ0) is 6.57. The van der Waals surface area contributed by atoms with E-state index in [4.69, 9.17) is 9.84 Å². The van der Waals surface area contributed by atoms with Gasteiger partial charge in [-0.3, -0.25) is 0 Å². The summed E-state index contributed by atoms with van der Waals surface area (Å²) in [5, 5.41) is 8.04. The minimum absolute atomic E-state index is 0. The van der Waals surface area contributed by atoms with E-state index in [1.165, 1.54) is 0 Å². The Hall–Kier alpha value is 0.0274. The van der Waals surface area contributed by atoms with E-state index >= 15 is 0 Å². The molecule has 0 aromatic heterocycles. The van der Waals surface area contributed by atoms with E-state index in [0.29, 0.717) is 0 Å². The van der Waals surface area contributed by atoms with Crippen LogP contribution in [0.2, 0.25) is 0 Å². The summed E-state index contributed by atoms with van der Waals surface area (Å²) < 4.78 is 4.70. The maximum Gasteiger partial charge on any atom is 1.00 e. The van der Waals surface area contributed by atoms with Crippen molar-refractivity contribution >= 4 is 5.97 Å². The summed E-state index contributed by atoms with van der Waals surface area (Å²) in [7, 11) is 0. The molecule has 1 N–H and O–H groups in total. The summed E-state index contributed by atoms with van der Waals surface area (Å²) in [5.41, 5.74) is 0. The van der Waals surface area contributed by atoms with E-state index in [2.05, 4.69) is 0 Å². The summed E-state index contributed by atoms with van der Waals surface area (Å²) in [6.45, 7) is 3.39. The van der Waals surface area contributed by atoms with Crippen LogP contribution in [0.5, 0.6) is 0 Å². The normalized spacial score (nSPS) is 7.90. The third-order valence-corrected chi connectivity index (χ3v) is 0.540. The van der Waals surface area contributed by atoms with Crippen LogP contribution in [-0.4, -0.2) is 23.8 Å². The molecule has 0 aromatic rings. The molecule has 0 saturated heterocycles. The molecule has 0 spiro atoms. The SMILES string of the molecule is CC(C)OCC(=O)O.[CH3-].[Li+]. The maximum absolute atomic E-state index is 9.78. The first kappa shape index (κ1) is 16.5. The first-order chi connectivity index (χ1) is 3.63. The van der Waals surface area contributed by atoms with Gasteiger partial charge in [-0.2, -0.15) is 0 Å². The molecule has 0 unspecified atom stereocenters. The molecule has 3 nitrogen and oxygen atoms in total. The van der Waals surface area contributed by atoms with Crippen molar-refractivity contribution in [2.75, 3.05) is 6.61 Å². The van der Waals surface area contributed by atoms with Gasteiger partial charge in [0.05, 0.1) is 6.10 Å². The smallest absolute Gasteiger partial charge is 0.480 e. The maximum atomic E-state index is 9.78. The zero-order valence-electron chi connectivity index (χ0n) is 7.05. The Kier molecular flexibility index (Phi) is 14.9. The van der Waals surface area contributed by atoms with Crippen molar-refractivity contribution in [3.8, 4) is 0 Å². The van der Waals surface area contributed by atoms with Crippen molar-refractivity contribution in [2.24, 2.45) is 0 Å². The van der Waals surface area contributed by atoms with Crippen LogP contribution in [0, 0.1) is 7.43 Å². The van der Waals surface area contributed by atoms with Gasteiger partial charge in [-0.25, -0.2) is 4.79 Å². The minimum atomic E-state index is -0.918. The van der Waals surface area contributed by atoms with Crippen molar-refractivity contribution < 1.29 is 33.5 Å². The standard InChI is InChI=1S/C5H10O3.CH3.Li/c1-4(2)8-3-5(6)7;;/h4H,3H2,1-2H3,(H,6,7);1H3;/q;-1;+1. The van der Waals surface area contributed by atoms with Crippen LogP contribution < -0.4 is 18.9 Å². The average Bonchev–Trinajstić information content (AvgIpc) is 1.61. The van der Waals surface area contributed by atoms with Crippen LogP contribution in [0.1, 0.15) is 13.8 Å². The largest absolute Gasteiger partial charge is 1.00 e. The summed E-state index contributed by atoms with van der Waals surface area (Å²) in [4.78, 5) is 9.78. The predicted molar refractivity (Wildman–Crippen MR) is 35.1 cm³/mol. The predicted octanol–water partition coefficient (Wildman–Crippen LogP) is -2.05. The molecular formula is C6H13LiO3. The number of hydrogen-bond donors (Lipinski definition) is 1. The molecular weight excluding hydrogens is 127 g/mol. The minimum Gasteiger partial charge on any atom is -0.480 e. The molecule has 0 bridgehead atoms. The van der Waals surface area contributed by atoms with Crippen LogP contribution in [0.25, 0.3) is 0 Å². The Morgan fingerprint density at radius 2 is 2.00 bits per heavy atom. The van der Waals surface area contributed by atoms with Gasteiger partial charge in [0.2, 0.25) is 0 Å². The molecule has 56 valence electrons. The monoisotopic (exact) mass is 140 g/mol. The zero-order valence-corrected chi connectivity index (χ0v) is 7.05. The molecule has 0 saturated carbocycles. The number of carboxylic acids is 1. The first-order valence-electron chi connectivity index (χ1n) is 2.46. The second-order valence-corrected chi connectivity index (χ2v) is 1.75. The van der Waals surface area contributed by atoms with Gasteiger partial charge in [-0.1, -0.05) is 0 Å². The molecule has 4 heteroatoms. The molecule has 0 amide bonds. The molecule has 0 aliphatic carbocycles. The molecule has 10 heavy (non-hydrogen) atoms. The van der Waals surface area contributed by atoms with E-state index in [9.17, 15) is 4.79 Å². The summed E-state index contributed by atoms with van der Waals surface area (Å²) >= 11 is 0. The van der Waals surface area contributed by atoms with Gasteiger partial charge < -0.3 is 17.3 Å². The van der Waals surface area contributed by atoms with Crippen LogP contribution in [0.3, 0.4) is 0 Å². The van der Waals surface area contributed by atoms with Gasteiger partial charge in [-0.05, 0) is 13.8 Å². The van der Waals surface area contributed by atoms with Crippen LogP contribution in [0.4, 0.5) is 0 Å². The fourth-order valence-electron chi connectivity index (χ4n) is 0.238. The van der Waals surface area contributed by atoms with Gasteiger partial charge in [0, 0.05) is 0 Å². The molecule has 0 radical (unpaired) electrons. The Morgan fingerprint density at radius 1 is 1.60 bits per heavy atom. The van der Waals surface area contributed by atoms with Crippen molar-refractivity contribution in [3.63, 3.8) is 0 Å². The van der Waals surface area contributed by atoms with E-state index < -0.39 is 5.97 Å². The fraction of sp³-hybridized carbons (Fsp3) is 0.667. The van der Waals surface area contributed by atoms with E-state index in [1.807, 2.05) is 0 Å². The van der Waals surface area contributed by atoms with Crippen molar-refractivity contribution in [1.82, 2.24) is 0 Å². The van der Waals surface area contributed by atoms with Crippen molar-refractivity contribution in [3.05, 3.63) is 7.43 Å². The topological polar surface area (TPSA) is 46.5 Å². The van der Waals surface area contributed by atoms with Crippen LogP contribution in [0.15, 0.2) is 0 Å². The Bertz CT molecular complexity index is 83.1. The van der Waals surface area contributed by atoms with Crippen LogP contribution in [-0.2, 0) is 9.53 Å². The third-order valence-electron chi connectivity index (χ3n) is 0.540. The second-order valence-electron chi connectivity index (χ2n) is 1.75. The quantitative estimate of drug-likeness (QED) is 0.362. The summed E-state index contributed by atoms with van der Waals surface area (Å²) in [5.74, 6) is -0.918. The number of carbonyl (C=O) groups is 1. The van der Waals surface area contributed by atoms with Gasteiger partial charge in [0.1, 0.15) is 6.61 Å². The molecule has 0 rings (SSSR count). The number of aliphatic carboxylic acids is 1. The molecule has 0 fully saturated rings. The third kappa shape index (κ3) is 15.7. The van der Waals surface area contributed by atoms with Crippen molar-refractivity contribution in [1.29, 1.82) is 0 Å². The Morgan fingerprint density at radius 3 is 2.10 bits per heavy atom. The average molecular weight is 140 g/mol. The Balaban J connectivity index is -0.000000245. The number of rotatable bonds is 3. The van der Waals surface area contributed by atoms with E-state index in [-0.39, 0.29) is 39.0 Å². The van der Waals surface area contributed by atoms with Crippen molar-refractivity contribution in [2.45, 2.75) is 20.0 Å². The van der Waals surface area contributed by atoms with Gasteiger partial charge in [-0.15, -0.1) is 0 Å². The summed E-state index contributed by atoms with van der Waals surface area (Å²) in [6, 6.07) is 0. The molecule has 0 atom stereocenters. The molecule has 0 aliphatic rings. The molecule has 0 aromatic carbocycles. The van der Waals surface area contributed by atoms with Gasteiger partial charge in [0.25, 0.3) is 0 Å². The van der Waals surface area contributed by atoms with Crippen LogP contribution >= 0.6 is 0 Å². The number of carboxylic acid groups (broad SMARTS) is 1. The van der Waals surface area contributed by atoms with Gasteiger partial charge >= 0.3 is 24.8 Å². The van der Waals surface area contributed by atoms with Gasteiger partial charge in [0.15, 0.2) is 0 Å². The molecule has 0 aliphatic heterocycles. The fourth-order valence-corrected chi connectivity index (χ4v) is 0.238. The van der Waals surface area contributed by atoms with E-state index in [0.717, 1.165) is 0 Å². The number of ether oxygens (including phenoxy) is 1. The Labute approximate surface area is 73.9 Å². The summed E-state index contributed by atoms with van der Waals surface area (Å²) in [6.07, 6.45) is 0.00565. The first-order valence-corrected chi connectivity index (χ1v) is 2.46. The molecule has 0 heterocycles. The van der Waals surface area contributed by atoms with E-state index in [1.54, 1.807) is 13.8 Å². The number of hydrogen-bond acceptors (Lipinski definition) is 2.